The van der Waals surface area contributed by atoms with Gasteiger partial charge < -0.3 is 15.7 Å². The smallest absolute Gasteiger partial charge is 0.320 e. The van der Waals surface area contributed by atoms with E-state index < -0.39 is 66.1 Å². The Kier molecular flexibility index (Phi) is 11.5. The second-order valence-corrected chi connectivity index (χ2v) is 19.1. The molecule has 1 aromatic heterocycles. The number of fused-ring (bicyclic) bond motifs is 2. The predicted octanol–water partition coefficient (Wildman–Crippen LogP) is 7.81. The Morgan fingerprint density at radius 3 is 1.16 bits per heavy atom. The number of azo groups is 2. The van der Waals surface area contributed by atoms with Crippen LogP contribution in [-0.4, -0.2) is 71.9 Å². The average Bonchev–Trinajstić information content (AvgIpc) is 3.17. The van der Waals surface area contributed by atoms with Crippen LogP contribution in [-0.2, 0) is 40.5 Å². The number of aromatic hydroxyl groups is 1. The highest BCUT2D eigenvalue weighted by atomic mass is 32.2. The third-order valence-electron chi connectivity index (χ3n) is 8.99. The lowest BCUT2D eigenvalue weighted by atomic mass is 10.1. The van der Waals surface area contributed by atoms with Gasteiger partial charge in [-0.05, 0) is 131 Å². The molecule has 7 rings (SSSR count). The van der Waals surface area contributed by atoms with Crippen LogP contribution in [0.1, 0.15) is 11.1 Å². The van der Waals surface area contributed by atoms with E-state index in [0.717, 1.165) is 36.4 Å². The molecule has 0 spiro atoms. The number of hydrogen-bond donors (Lipinski definition) is 7. The van der Waals surface area contributed by atoms with E-state index in [1.165, 1.54) is 36.4 Å². The fourth-order valence-corrected chi connectivity index (χ4v) is 8.33. The summed E-state index contributed by atoms with van der Waals surface area (Å²) < 4.78 is 134. The highest BCUT2D eigenvalue weighted by molar-refractivity contribution is 7.86. The molecule has 324 valence electrons. The average molecular weight is 936 g/mol. The van der Waals surface area contributed by atoms with Gasteiger partial charge in [0, 0.05) is 11.4 Å². The number of nitrogens with zero attached hydrogens (tertiary/aromatic N) is 7. The monoisotopic (exact) mass is 935 g/mol. The molecule has 0 radical (unpaired) electrons. The molecule has 0 aliphatic heterocycles. The molecular weight excluding hydrogens is 907 g/mol. The quantitative estimate of drug-likeness (QED) is 0.0453. The summed E-state index contributed by atoms with van der Waals surface area (Å²) in [5.41, 5.74) is 2.00. The third kappa shape index (κ3) is 10.2. The first-order valence-electron chi connectivity index (χ1n) is 17.5. The maximum absolute atomic E-state index is 12.2. The summed E-state index contributed by atoms with van der Waals surface area (Å²) in [7, 11) is -18.9. The van der Waals surface area contributed by atoms with Gasteiger partial charge in [-0.15, -0.1) is 10.2 Å². The molecule has 0 fully saturated rings. The van der Waals surface area contributed by atoms with Gasteiger partial charge in [0.25, 0.3) is 40.5 Å². The van der Waals surface area contributed by atoms with Gasteiger partial charge in [0.05, 0.1) is 21.2 Å². The van der Waals surface area contributed by atoms with Gasteiger partial charge in [0.15, 0.2) is 0 Å². The number of anilines is 4. The normalized spacial score (nSPS) is 12.7. The molecule has 0 amide bonds. The van der Waals surface area contributed by atoms with Gasteiger partial charge in [0.1, 0.15) is 21.2 Å². The Bertz CT molecular complexity index is 3340. The van der Waals surface area contributed by atoms with E-state index in [0.29, 0.717) is 33.3 Å². The number of nitrogens with one attached hydrogen (secondary N) is 2. The summed E-state index contributed by atoms with van der Waals surface area (Å²) in [6.45, 7) is 3.34. The zero-order chi connectivity index (χ0) is 45.6. The van der Waals surface area contributed by atoms with Crippen molar-refractivity contribution in [1.82, 2.24) is 15.0 Å². The van der Waals surface area contributed by atoms with Crippen LogP contribution in [0.25, 0.3) is 21.5 Å². The molecule has 7 N–H and O–H groups in total. The van der Waals surface area contributed by atoms with E-state index >= 15 is 0 Å². The summed E-state index contributed by atoms with van der Waals surface area (Å²) in [4.78, 5) is 9.83. The lowest BCUT2D eigenvalue weighted by Crippen LogP contribution is -2.03. The molecule has 0 saturated carbocycles. The van der Waals surface area contributed by atoms with E-state index in [1.807, 2.05) is 0 Å². The lowest BCUT2D eigenvalue weighted by molar-refractivity contribution is 0.430. The van der Waals surface area contributed by atoms with Gasteiger partial charge in [-0.25, -0.2) is 0 Å². The van der Waals surface area contributed by atoms with E-state index in [9.17, 15) is 57.0 Å². The molecule has 0 saturated heterocycles. The van der Waals surface area contributed by atoms with Crippen LogP contribution >= 0.6 is 0 Å². The van der Waals surface area contributed by atoms with Crippen molar-refractivity contribution >= 4 is 108 Å². The number of rotatable bonds is 12. The Hall–Kier alpha value is -6.91. The van der Waals surface area contributed by atoms with Crippen LogP contribution in [0.5, 0.6) is 6.01 Å². The molecule has 0 bridgehead atoms. The van der Waals surface area contributed by atoms with Crippen LogP contribution < -0.4 is 10.6 Å². The zero-order valence-electron chi connectivity index (χ0n) is 32.0. The minimum absolute atomic E-state index is 0.0775. The van der Waals surface area contributed by atoms with Crippen LogP contribution in [0.15, 0.2) is 137 Å². The van der Waals surface area contributed by atoms with Gasteiger partial charge in [-0.1, -0.05) is 12.1 Å². The van der Waals surface area contributed by atoms with Crippen LogP contribution in [0.3, 0.4) is 0 Å². The fourth-order valence-electron chi connectivity index (χ4n) is 6.02. The maximum Gasteiger partial charge on any atom is 0.320 e. The Labute approximate surface area is 357 Å². The fraction of sp³-hybridized carbons (Fsp3) is 0.0541. The Morgan fingerprint density at radius 1 is 0.429 bits per heavy atom. The van der Waals surface area contributed by atoms with Gasteiger partial charge in [-0.3, -0.25) is 18.2 Å². The van der Waals surface area contributed by atoms with Crippen LogP contribution in [0, 0.1) is 13.8 Å². The molecule has 1 heterocycles. The van der Waals surface area contributed by atoms with Crippen molar-refractivity contribution in [2.75, 3.05) is 10.6 Å². The maximum atomic E-state index is 12.2. The number of aromatic nitrogens is 3. The van der Waals surface area contributed by atoms with Crippen molar-refractivity contribution in [2.45, 2.75) is 33.4 Å². The summed E-state index contributed by atoms with van der Waals surface area (Å²) in [6, 6.07) is 20.3. The van der Waals surface area contributed by atoms with E-state index in [4.69, 9.17) is 0 Å². The Balaban J connectivity index is 1.07. The van der Waals surface area contributed by atoms with Crippen molar-refractivity contribution in [1.29, 1.82) is 0 Å². The molecule has 0 unspecified atom stereocenters. The standard InChI is InChI=1S/C37H29N9O13S4/c1-19-11-25(5-9-29(19)43-45-31-15-21-3-7-27(60(48,49)50)13-23(21)17-33(31)62(54,55)56)38-35-40-36(42-37(47)41-35)39-26-6-10-30(20(2)12-26)44-46-32-16-22-4-8-28(61(51,52)53)14-24(22)18-34(32)63(57,58)59/h3-18H,1-2H3,(H,48,49,50)(H,51,52,53)(H,54,55,56)(H,57,58,59)(H3,38,39,40,41,42,47)/b45-43+,46-44+. The molecule has 26 heteroatoms. The topological polar surface area (TPSA) is 350 Å². The Morgan fingerprint density at radius 2 is 0.810 bits per heavy atom. The van der Waals surface area contributed by atoms with Crippen molar-refractivity contribution < 1.29 is 57.0 Å². The second-order valence-electron chi connectivity index (χ2n) is 13.5. The number of benzene rings is 6. The SMILES string of the molecule is Cc1cc(Nc2nc(O)nc(Nc3ccc(/N=N/c4cc5ccc(S(=O)(=O)O)cc5cc4S(=O)(=O)O)c(C)c3)n2)ccc1/N=N/c1cc2ccc(S(=O)(=O)O)cc2cc1S(=O)(=O)O. The summed E-state index contributed by atoms with van der Waals surface area (Å²) in [6.07, 6.45) is 0. The molecule has 0 atom stereocenters. The van der Waals surface area contributed by atoms with Crippen molar-refractivity contribution in [2.24, 2.45) is 20.5 Å². The minimum Gasteiger partial charge on any atom is -0.479 e. The molecule has 0 aliphatic rings. The molecule has 0 aliphatic carbocycles. The zero-order valence-corrected chi connectivity index (χ0v) is 35.3. The third-order valence-corrected chi connectivity index (χ3v) is 12.5. The second kappa shape index (κ2) is 16.4. The number of hydrogen-bond acceptors (Lipinski definition) is 18. The van der Waals surface area contributed by atoms with E-state index in [1.54, 1.807) is 38.1 Å². The van der Waals surface area contributed by atoms with Crippen molar-refractivity contribution in [3.05, 3.63) is 108 Å². The number of aryl methyl sites for hydroxylation is 2. The minimum atomic E-state index is -4.86. The predicted molar refractivity (Wildman–Crippen MR) is 226 cm³/mol. The van der Waals surface area contributed by atoms with Crippen molar-refractivity contribution in [3.8, 4) is 6.01 Å². The van der Waals surface area contributed by atoms with E-state index in [-0.39, 0.29) is 45.4 Å². The van der Waals surface area contributed by atoms with Gasteiger partial charge in [-0.2, -0.15) is 58.9 Å². The molecule has 63 heavy (non-hydrogen) atoms. The molecule has 7 aromatic rings. The summed E-state index contributed by atoms with van der Waals surface area (Å²) in [5, 5.41) is 33.3. The lowest BCUT2D eigenvalue weighted by Gasteiger charge is -2.10. The van der Waals surface area contributed by atoms with Gasteiger partial charge in [0.2, 0.25) is 11.9 Å². The van der Waals surface area contributed by atoms with Gasteiger partial charge >= 0.3 is 6.01 Å². The molecule has 6 aromatic carbocycles. The van der Waals surface area contributed by atoms with Crippen molar-refractivity contribution in [3.63, 3.8) is 0 Å². The van der Waals surface area contributed by atoms with Crippen LogP contribution in [0.4, 0.5) is 46.0 Å². The molecule has 22 nitrogen and oxygen atoms in total. The molecular formula is C37H29N9O13S4. The highest BCUT2D eigenvalue weighted by Crippen LogP contribution is 2.36. The first-order chi connectivity index (χ1) is 29.4. The summed E-state index contributed by atoms with van der Waals surface area (Å²) in [5.74, 6) is -0.155. The first-order valence-corrected chi connectivity index (χ1v) is 23.3. The first kappa shape index (κ1) is 44.2. The largest absolute Gasteiger partial charge is 0.479 e. The van der Waals surface area contributed by atoms with Crippen LogP contribution in [0.2, 0.25) is 0 Å². The van der Waals surface area contributed by atoms with E-state index in [2.05, 4.69) is 46.0 Å². The summed E-state index contributed by atoms with van der Waals surface area (Å²) >= 11 is 0. The highest BCUT2D eigenvalue weighted by Gasteiger charge is 2.21.